The zero-order valence-electron chi connectivity index (χ0n) is 26.4. The highest BCUT2D eigenvalue weighted by Gasteiger charge is 2.34. The highest BCUT2D eigenvalue weighted by Crippen LogP contribution is 2.33. The lowest BCUT2D eigenvalue weighted by atomic mass is 10.0. The summed E-state index contributed by atoms with van der Waals surface area (Å²) < 4.78 is 49.8. The van der Waals surface area contributed by atoms with Crippen LogP contribution in [-0.4, -0.2) is 52.2 Å². The minimum atomic E-state index is -1.39. The van der Waals surface area contributed by atoms with Gasteiger partial charge in [0.2, 0.25) is 0 Å². The molecule has 11 heteroatoms. The van der Waals surface area contributed by atoms with Crippen molar-refractivity contribution in [2.45, 2.75) is 115 Å². The first kappa shape index (κ1) is 34.5. The molecule has 0 bridgehead atoms. The van der Waals surface area contributed by atoms with E-state index in [0.717, 1.165) is 38.1 Å². The van der Waals surface area contributed by atoms with Gasteiger partial charge in [-0.1, -0.05) is 39.4 Å². The third-order valence-corrected chi connectivity index (χ3v) is 10.8. The Balaban J connectivity index is 1.91. The molecular weight excluding hydrogens is 572 g/mol. The van der Waals surface area contributed by atoms with Gasteiger partial charge in [0.05, 0.1) is 40.7 Å². The third kappa shape index (κ3) is 9.79. The quantitative estimate of drug-likeness (QED) is 0.159. The fourth-order valence-electron chi connectivity index (χ4n) is 4.88. The van der Waals surface area contributed by atoms with Gasteiger partial charge in [-0.15, -0.1) is 0 Å². The Morgan fingerprint density at radius 1 is 1.19 bits per heavy atom. The Morgan fingerprint density at radius 2 is 1.86 bits per heavy atom. The van der Waals surface area contributed by atoms with Crippen molar-refractivity contribution in [3.8, 4) is 17.5 Å². The van der Waals surface area contributed by atoms with Crippen LogP contribution in [0.2, 0.25) is 25.7 Å². The number of nitriles is 1. The summed E-state index contributed by atoms with van der Waals surface area (Å²) >= 11 is 0. The predicted octanol–water partition coefficient (Wildman–Crippen LogP) is 7.07. The minimum absolute atomic E-state index is 0.190. The van der Waals surface area contributed by atoms with Gasteiger partial charge in [0, 0.05) is 26.7 Å². The Bertz CT molecular complexity index is 1210. The molecule has 0 saturated carbocycles. The van der Waals surface area contributed by atoms with Gasteiger partial charge in [-0.2, -0.15) is 5.26 Å². The normalized spacial score (nSPS) is 16.8. The SMILES string of the molecule is CCC1(CCCCC[C@H](N[S@](=O)C(C)(C)C)c2c(C#N)nc(-c3ccc(F)cc3)n2COCC[Si](C)(C)C)OCCO1. The maximum atomic E-state index is 13.8. The largest absolute Gasteiger partial charge is 0.361 e. The topological polar surface area (TPSA) is 98.4 Å². The third-order valence-electron chi connectivity index (χ3n) is 7.47. The Morgan fingerprint density at radius 3 is 2.43 bits per heavy atom. The zero-order chi connectivity index (χ0) is 31.0. The van der Waals surface area contributed by atoms with Crippen LogP contribution in [0.5, 0.6) is 0 Å². The van der Waals surface area contributed by atoms with Crippen LogP contribution in [0.1, 0.15) is 83.6 Å². The van der Waals surface area contributed by atoms with Crippen LogP contribution in [0.25, 0.3) is 11.4 Å². The smallest absolute Gasteiger partial charge is 0.168 e. The van der Waals surface area contributed by atoms with Crippen molar-refractivity contribution in [3.63, 3.8) is 0 Å². The number of rotatable bonds is 16. The number of hydrogen-bond donors (Lipinski definition) is 1. The maximum Gasteiger partial charge on any atom is 0.168 e. The first-order valence-electron chi connectivity index (χ1n) is 15.1. The van der Waals surface area contributed by atoms with E-state index in [9.17, 15) is 13.9 Å². The van der Waals surface area contributed by atoms with E-state index in [4.69, 9.17) is 19.2 Å². The van der Waals surface area contributed by atoms with Crippen molar-refractivity contribution in [1.29, 1.82) is 5.26 Å². The summed E-state index contributed by atoms with van der Waals surface area (Å²) in [6.45, 7) is 16.8. The Hall–Kier alpha value is -1.94. The molecule has 3 rings (SSSR count). The van der Waals surface area contributed by atoms with Crippen LogP contribution in [0, 0.1) is 17.1 Å². The Kier molecular flexibility index (Phi) is 12.5. The molecule has 0 amide bonds. The summed E-state index contributed by atoms with van der Waals surface area (Å²) in [6, 6.07) is 8.96. The van der Waals surface area contributed by atoms with Gasteiger partial charge in [-0.3, -0.25) is 0 Å². The molecular formula is C31H49FN4O4SSi. The van der Waals surface area contributed by atoms with Gasteiger partial charge >= 0.3 is 0 Å². The fourth-order valence-corrected chi connectivity index (χ4v) is 6.48. The number of nitrogens with one attached hydrogen (secondary N) is 1. The second-order valence-electron chi connectivity index (χ2n) is 13.2. The molecule has 2 aromatic rings. The zero-order valence-corrected chi connectivity index (χ0v) is 28.2. The van der Waals surface area contributed by atoms with Crippen molar-refractivity contribution in [2.75, 3.05) is 19.8 Å². The van der Waals surface area contributed by atoms with Gasteiger partial charge in [-0.05, 0) is 70.3 Å². The number of ether oxygens (including phenoxy) is 3. The minimum Gasteiger partial charge on any atom is -0.361 e. The van der Waals surface area contributed by atoms with E-state index in [0.29, 0.717) is 43.3 Å². The standard InChI is InChI=1S/C31H49FN4O4SSi/c1-8-31(39-18-19-40-31)17-11-9-10-12-26(35-41(37)30(2,3)4)28-27(22-33)34-29(24-13-15-25(32)16-14-24)36(28)23-38-20-21-42(5,6)7/h13-16,26,35H,8-12,17-21,23H2,1-7H3/t26-,41+/m0/s1. The fraction of sp³-hybridized carbons (Fsp3) is 0.677. The van der Waals surface area contributed by atoms with E-state index >= 15 is 0 Å². The van der Waals surface area contributed by atoms with Crippen LogP contribution in [0.3, 0.4) is 0 Å². The molecule has 1 fully saturated rings. The molecule has 1 aromatic carbocycles. The van der Waals surface area contributed by atoms with E-state index < -0.39 is 35.6 Å². The van der Waals surface area contributed by atoms with Crippen LogP contribution in [0.4, 0.5) is 4.39 Å². The second kappa shape index (κ2) is 15.2. The molecule has 1 saturated heterocycles. The van der Waals surface area contributed by atoms with Crippen molar-refractivity contribution in [2.24, 2.45) is 0 Å². The van der Waals surface area contributed by atoms with Gasteiger partial charge in [0.25, 0.3) is 0 Å². The van der Waals surface area contributed by atoms with Crippen LogP contribution in [0.15, 0.2) is 24.3 Å². The van der Waals surface area contributed by atoms with Gasteiger partial charge < -0.3 is 18.8 Å². The first-order valence-corrected chi connectivity index (χ1v) is 19.9. The average Bonchev–Trinajstić information content (AvgIpc) is 3.55. The highest BCUT2D eigenvalue weighted by atomic mass is 32.2. The summed E-state index contributed by atoms with van der Waals surface area (Å²) in [6.07, 6.45) is 5.02. The first-order chi connectivity index (χ1) is 19.8. The number of aromatic nitrogens is 2. The summed E-state index contributed by atoms with van der Waals surface area (Å²) in [4.78, 5) is 4.70. The molecule has 0 aliphatic carbocycles. The molecule has 8 nitrogen and oxygen atoms in total. The van der Waals surface area contributed by atoms with E-state index in [1.54, 1.807) is 12.1 Å². The van der Waals surface area contributed by atoms with E-state index in [1.165, 1.54) is 12.1 Å². The number of benzene rings is 1. The predicted molar refractivity (Wildman–Crippen MR) is 168 cm³/mol. The van der Waals surface area contributed by atoms with Gasteiger partial charge in [0.15, 0.2) is 11.5 Å². The lowest BCUT2D eigenvalue weighted by molar-refractivity contribution is -0.164. The molecule has 2 heterocycles. The highest BCUT2D eigenvalue weighted by molar-refractivity contribution is 7.84. The second-order valence-corrected chi connectivity index (χ2v) is 20.8. The van der Waals surface area contributed by atoms with E-state index in [2.05, 4.69) is 37.4 Å². The molecule has 0 radical (unpaired) electrons. The van der Waals surface area contributed by atoms with Gasteiger partial charge in [-0.25, -0.2) is 18.3 Å². The summed E-state index contributed by atoms with van der Waals surface area (Å²) in [7, 11) is -2.70. The molecule has 234 valence electrons. The Labute approximate surface area is 254 Å². The number of imidazole rings is 1. The summed E-state index contributed by atoms with van der Waals surface area (Å²) in [5.74, 6) is -0.291. The maximum absolute atomic E-state index is 13.8. The molecule has 1 aliphatic heterocycles. The molecule has 2 atom stereocenters. The number of hydrogen-bond acceptors (Lipinski definition) is 6. The molecule has 0 spiro atoms. The van der Waals surface area contributed by atoms with Crippen LogP contribution < -0.4 is 4.72 Å². The van der Waals surface area contributed by atoms with Crippen molar-refractivity contribution < 1.29 is 22.8 Å². The molecule has 1 N–H and O–H groups in total. The number of nitrogens with zero attached hydrogens (tertiary/aromatic N) is 3. The monoisotopic (exact) mass is 620 g/mol. The number of unbranched alkanes of at least 4 members (excludes halogenated alkanes) is 2. The molecule has 1 aromatic heterocycles. The average molecular weight is 621 g/mol. The summed E-state index contributed by atoms with van der Waals surface area (Å²) in [5.41, 5.74) is 1.59. The van der Waals surface area contributed by atoms with Gasteiger partial charge in [0.1, 0.15) is 24.4 Å². The molecule has 42 heavy (non-hydrogen) atoms. The van der Waals surface area contributed by atoms with E-state index in [-0.39, 0.29) is 18.2 Å². The van der Waals surface area contributed by atoms with Crippen LogP contribution >= 0.6 is 0 Å². The molecule has 1 aliphatic rings. The van der Waals surface area contributed by atoms with E-state index in [1.807, 2.05) is 25.3 Å². The van der Waals surface area contributed by atoms with Crippen molar-refractivity contribution in [1.82, 2.24) is 14.3 Å². The number of halogens is 1. The van der Waals surface area contributed by atoms with Crippen molar-refractivity contribution in [3.05, 3.63) is 41.5 Å². The molecule has 0 unspecified atom stereocenters. The summed E-state index contributed by atoms with van der Waals surface area (Å²) in [5, 5.41) is 10.2. The van der Waals surface area contributed by atoms with Crippen LogP contribution in [-0.2, 0) is 31.9 Å². The lowest BCUT2D eigenvalue weighted by Crippen LogP contribution is -2.37. The lowest BCUT2D eigenvalue weighted by Gasteiger charge is -2.27. The van der Waals surface area contributed by atoms with Crippen molar-refractivity contribution >= 4 is 19.1 Å².